The van der Waals surface area contributed by atoms with Gasteiger partial charge >= 0.3 is 5.97 Å². The fraction of sp³-hybridized carbons (Fsp3) is 0.605. The Bertz CT molecular complexity index is 903. The van der Waals surface area contributed by atoms with Gasteiger partial charge in [-0.2, -0.15) is 0 Å². The number of carbonyl (C=O) groups is 1. The number of allylic oxidation sites excluding steroid dienone is 16. The highest BCUT2D eigenvalue weighted by Crippen LogP contribution is 2.09. The standard InChI is InChI=1S/C43H70O4/c1-3-5-7-9-11-13-15-17-19-21-22-23-24-26-28-30-32-34-36-38-43(45)47-42(40-44)41-46-39-37-35-33-31-29-27-25-20-18-16-14-12-10-8-6-4-2/h5,7,11-14,17-20,22-23,26,28,32,34,42,44H,3-4,6,8-10,15-16,21,24-25,27,29-31,33,35-41H2,1-2H3/b7-5-,13-11-,14-12-,19-17-,20-18-,23-22-,28-26-,34-32-. The second-order valence-electron chi connectivity index (χ2n) is 11.9. The zero-order valence-corrected chi connectivity index (χ0v) is 30.3. The fourth-order valence-corrected chi connectivity index (χ4v) is 4.62. The average Bonchev–Trinajstić information content (AvgIpc) is 3.08. The van der Waals surface area contributed by atoms with E-state index in [2.05, 4.69) is 105 Å². The van der Waals surface area contributed by atoms with E-state index in [0.717, 1.165) is 57.8 Å². The third-order valence-corrected chi connectivity index (χ3v) is 7.41. The molecule has 0 heterocycles. The van der Waals surface area contributed by atoms with Crippen LogP contribution in [0.5, 0.6) is 0 Å². The maximum Gasteiger partial charge on any atom is 0.306 e. The summed E-state index contributed by atoms with van der Waals surface area (Å²) in [6.45, 7) is 5.08. The highest BCUT2D eigenvalue weighted by Gasteiger charge is 2.13. The average molecular weight is 651 g/mol. The van der Waals surface area contributed by atoms with Gasteiger partial charge < -0.3 is 14.6 Å². The first kappa shape index (κ1) is 44.3. The number of ether oxygens (including phenoxy) is 2. The van der Waals surface area contributed by atoms with Gasteiger partial charge in [-0.25, -0.2) is 0 Å². The molecule has 1 atom stereocenters. The zero-order chi connectivity index (χ0) is 34.1. The quantitative estimate of drug-likeness (QED) is 0.0436. The molecular weight excluding hydrogens is 580 g/mol. The molecule has 4 nitrogen and oxygen atoms in total. The van der Waals surface area contributed by atoms with Crippen molar-refractivity contribution in [3.8, 4) is 0 Å². The van der Waals surface area contributed by atoms with Gasteiger partial charge in [-0.15, -0.1) is 0 Å². The molecule has 0 bridgehead atoms. The van der Waals surface area contributed by atoms with Gasteiger partial charge in [0.1, 0.15) is 6.10 Å². The lowest BCUT2D eigenvalue weighted by molar-refractivity contribution is -0.154. The molecule has 4 heteroatoms. The summed E-state index contributed by atoms with van der Waals surface area (Å²) < 4.78 is 11.0. The zero-order valence-electron chi connectivity index (χ0n) is 30.3. The Labute approximate surface area is 290 Å². The number of aliphatic hydroxyl groups excluding tert-OH is 1. The third kappa shape index (κ3) is 37.6. The molecule has 0 aliphatic heterocycles. The Morgan fingerprint density at radius 3 is 1.45 bits per heavy atom. The number of hydrogen-bond donors (Lipinski definition) is 1. The first-order valence-electron chi connectivity index (χ1n) is 18.8. The van der Waals surface area contributed by atoms with Crippen LogP contribution >= 0.6 is 0 Å². The summed E-state index contributed by atoms with van der Waals surface area (Å²) in [7, 11) is 0. The van der Waals surface area contributed by atoms with Crippen molar-refractivity contribution in [2.45, 2.75) is 148 Å². The van der Waals surface area contributed by atoms with Gasteiger partial charge in [0.2, 0.25) is 0 Å². The Morgan fingerprint density at radius 1 is 0.532 bits per heavy atom. The Kier molecular flexibility index (Phi) is 37.2. The van der Waals surface area contributed by atoms with Crippen molar-refractivity contribution in [3.63, 3.8) is 0 Å². The van der Waals surface area contributed by atoms with Crippen molar-refractivity contribution in [1.82, 2.24) is 0 Å². The van der Waals surface area contributed by atoms with Gasteiger partial charge in [0.15, 0.2) is 0 Å². The Hall–Kier alpha value is -2.69. The summed E-state index contributed by atoms with van der Waals surface area (Å²) in [5, 5.41) is 9.55. The van der Waals surface area contributed by atoms with Crippen LogP contribution in [0.3, 0.4) is 0 Å². The van der Waals surface area contributed by atoms with E-state index in [0.29, 0.717) is 19.4 Å². The van der Waals surface area contributed by atoms with Gasteiger partial charge in [-0.1, -0.05) is 150 Å². The predicted octanol–water partition coefficient (Wildman–Crippen LogP) is 12.2. The first-order valence-corrected chi connectivity index (χ1v) is 18.8. The lowest BCUT2D eigenvalue weighted by Crippen LogP contribution is -2.27. The molecular formula is C43H70O4. The van der Waals surface area contributed by atoms with Crippen LogP contribution in [-0.4, -0.2) is 37.0 Å². The minimum Gasteiger partial charge on any atom is -0.457 e. The van der Waals surface area contributed by atoms with E-state index in [1.54, 1.807) is 0 Å². The highest BCUT2D eigenvalue weighted by atomic mass is 16.6. The van der Waals surface area contributed by atoms with E-state index < -0.39 is 6.10 Å². The minimum absolute atomic E-state index is 0.213. The van der Waals surface area contributed by atoms with Crippen LogP contribution < -0.4 is 0 Å². The molecule has 0 fully saturated rings. The number of esters is 1. The number of unbranched alkanes of at least 4 members (excludes halogenated alkanes) is 9. The summed E-state index contributed by atoms with van der Waals surface area (Å²) in [4.78, 5) is 12.1. The van der Waals surface area contributed by atoms with Crippen molar-refractivity contribution in [3.05, 3.63) is 97.2 Å². The van der Waals surface area contributed by atoms with Crippen molar-refractivity contribution in [1.29, 1.82) is 0 Å². The molecule has 0 spiro atoms. The van der Waals surface area contributed by atoms with Crippen LogP contribution in [0.2, 0.25) is 0 Å². The maximum atomic E-state index is 12.1. The van der Waals surface area contributed by atoms with Crippen LogP contribution in [0.4, 0.5) is 0 Å². The maximum absolute atomic E-state index is 12.1. The molecule has 0 rings (SSSR count). The molecule has 0 radical (unpaired) electrons. The van der Waals surface area contributed by atoms with Gasteiger partial charge in [-0.3, -0.25) is 4.79 Å². The van der Waals surface area contributed by atoms with Crippen LogP contribution in [0.25, 0.3) is 0 Å². The van der Waals surface area contributed by atoms with Crippen molar-refractivity contribution in [2.24, 2.45) is 0 Å². The van der Waals surface area contributed by atoms with Gasteiger partial charge in [0.25, 0.3) is 0 Å². The van der Waals surface area contributed by atoms with Crippen molar-refractivity contribution >= 4 is 5.97 Å². The van der Waals surface area contributed by atoms with E-state index >= 15 is 0 Å². The highest BCUT2D eigenvalue weighted by molar-refractivity contribution is 5.69. The van der Waals surface area contributed by atoms with E-state index in [4.69, 9.17) is 9.47 Å². The molecule has 0 amide bonds. The first-order chi connectivity index (χ1) is 23.2. The van der Waals surface area contributed by atoms with Crippen molar-refractivity contribution < 1.29 is 19.4 Å². The minimum atomic E-state index is -0.586. The van der Waals surface area contributed by atoms with Crippen LogP contribution in [0, 0.1) is 0 Å². The van der Waals surface area contributed by atoms with Gasteiger partial charge in [0.05, 0.1) is 13.2 Å². The summed E-state index contributed by atoms with van der Waals surface area (Å²) in [6.07, 6.45) is 56.0. The Balaban J connectivity index is 3.65. The largest absolute Gasteiger partial charge is 0.457 e. The summed E-state index contributed by atoms with van der Waals surface area (Å²) in [5.74, 6) is -0.291. The molecule has 0 aromatic carbocycles. The lowest BCUT2D eigenvalue weighted by atomic mass is 10.1. The van der Waals surface area contributed by atoms with E-state index in [1.807, 2.05) is 6.08 Å². The van der Waals surface area contributed by atoms with Gasteiger partial charge in [0, 0.05) is 13.0 Å². The van der Waals surface area contributed by atoms with Crippen LogP contribution in [0.1, 0.15) is 142 Å². The molecule has 0 aromatic heterocycles. The van der Waals surface area contributed by atoms with Crippen LogP contribution in [-0.2, 0) is 14.3 Å². The lowest BCUT2D eigenvalue weighted by Gasteiger charge is -2.15. The number of rotatable bonds is 33. The number of carbonyl (C=O) groups excluding carboxylic acids is 1. The molecule has 0 aromatic rings. The molecule has 0 saturated carbocycles. The number of hydrogen-bond acceptors (Lipinski definition) is 4. The third-order valence-electron chi connectivity index (χ3n) is 7.41. The monoisotopic (exact) mass is 651 g/mol. The van der Waals surface area contributed by atoms with E-state index in [1.165, 1.54) is 57.8 Å². The van der Waals surface area contributed by atoms with Gasteiger partial charge in [-0.05, 0) is 83.5 Å². The molecule has 0 aliphatic carbocycles. The molecule has 0 saturated heterocycles. The SMILES string of the molecule is CC/C=C\C/C=C\C/C=C\C/C=C\C/C=C\C/C=C\CCC(=O)OC(CO)COCCCCCCCC/C=C\C/C=C\CCCCC. The molecule has 266 valence electrons. The second kappa shape index (κ2) is 39.5. The predicted molar refractivity (Wildman–Crippen MR) is 205 cm³/mol. The number of aliphatic hydroxyl groups is 1. The summed E-state index contributed by atoms with van der Waals surface area (Å²) >= 11 is 0. The second-order valence-corrected chi connectivity index (χ2v) is 11.9. The van der Waals surface area contributed by atoms with Crippen LogP contribution in [0.15, 0.2) is 97.2 Å². The summed E-state index contributed by atoms with van der Waals surface area (Å²) in [5.41, 5.74) is 0. The molecule has 0 aliphatic rings. The molecule has 1 unspecified atom stereocenters. The molecule has 47 heavy (non-hydrogen) atoms. The normalized spacial score (nSPS) is 13.5. The molecule has 1 N–H and O–H groups in total. The van der Waals surface area contributed by atoms with Crippen molar-refractivity contribution in [2.75, 3.05) is 19.8 Å². The smallest absolute Gasteiger partial charge is 0.306 e. The van der Waals surface area contributed by atoms with E-state index in [-0.39, 0.29) is 19.2 Å². The Morgan fingerprint density at radius 2 is 0.957 bits per heavy atom. The van der Waals surface area contributed by atoms with E-state index in [9.17, 15) is 9.90 Å². The summed E-state index contributed by atoms with van der Waals surface area (Å²) in [6, 6.07) is 0. The topological polar surface area (TPSA) is 55.8 Å². The fourth-order valence-electron chi connectivity index (χ4n) is 4.62.